The number of carbonyl (C=O) groups is 1. The molecule has 2 aromatic rings. The number of hydrogen-bond acceptors (Lipinski definition) is 6. The van der Waals surface area contributed by atoms with Crippen molar-refractivity contribution in [3.63, 3.8) is 0 Å². The number of benzene rings is 1. The van der Waals surface area contributed by atoms with Crippen molar-refractivity contribution in [2.75, 3.05) is 37.4 Å². The Morgan fingerprint density at radius 1 is 1.24 bits per heavy atom. The number of hydrogen-bond donors (Lipinski definition) is 2. The first-order valence-electron chi connectivity index (χ1n) is 11.1. The molecule has 2 heterocycles. The quantitative estimate of drug-likeness (QED) is 0.674. The highest BCUT2D eigenvalue weighted by molar-refractivity contribution is 5.80. The predicted molar refractivity (Wildman–Crippen MR) is 118 cm³/mol. The number of aromatic nitrogens is 2. The van der Waals surface area contributed by atoms with Crippen molar-refractivity contribution in [2.45, 2.75) is 45.3 Å². The Hall–Kier alpha value is -2.88. The number of nitrogens with one attached hydrogen (secondary N) is 1. The number of halogens is 3. The van der Waals surface area contributed by atoms with Crippen LogP contribution in [0.25, 0.3) is 0 Å². The van der Waals surface area contributed by atoms with Crippen LogP contribution in [0.15, 0.2) is 18.2 Å². The summed E-state index contributed by atoms with van der Waals surface area (Å²) in [7, 11) is 0. The van der Waals surface area contributed by atoms with Gasteiger partial charge in [-0.15, -0.1) is 0 Å². The number of carbonyl (C=O) groups excluding carboxylic acids is 1. The number of aryl methyl sites for hydroxylation is 2. The fraction of sp³-hybridized carbons (Fsp3) is 0.522. The lowest BCUT2D eigenvalue weighted by molar-refractivity contribution is -0.140. The van der Waals surface area contributed by atoms with Crippen molar-refractivity contribution in [2.24, 2.45) is 5.92 Å². The van der Waals surface area contributed by atoms with Gasteiger partial charge in [0.25, 0.3) is 0 Å². The second-order valence-corrected chi connectivity index (χ2v) is 8.67. The van der Waals surface area contributed by atoms with Gasteiger partial charge < -0.3 is 20.7 Å². The summed E-state index contributed by atoms with van der Waals surface area (Å²) in [4.78, 5) is 24.0. The topological polar surface area (TPSA) is 93.4 Å². The number of anilines is 2. The third kappa shape index (κ3) is 5.21. The molecule has 1 amide bonds. The Balaban J connectivity index is 1.58. The van der Waals surface area contributed by atoms with Gasteiger partial charge in [0, 0.05) is 36.0 Å². The lowest BCUT2D eigenvalue weighted by Gasteiger charge is -2.33. The molecule has 1 aromatic carbocycles. The number of ether oxygens (including phenoxy) is 1. The zero-order chi connectivity index (χ0) is 23.8. The molecule has 33 heavy (non-hydrogen) atoms. The summed E-state index contributed by atoms with van der Waals surface area (Å²) >= 11 is 0. The minimum atomic E-state index is -4.48. The first-order chi connectivity index (χ1) is 15.6. The van der Waals surface area contributed by atoms with Crippen molar-refractivity contribution in [3.05, 3.63) is 46.4 Å². The van der Waals surface area contributed by atoms with E-state index in [0.717, 1.165) is 23.4 Å². The predicted octanol–water partition coefficient (Wildman–Crippen LogP) is 3.52. The molecule has 0 spiro atoms. The smallest absolute Gasteiger partial charge is 0.399 e. The van der Waals surface area contributed by atoms with E-state index in [9.17, 15) is 18.0 Å². The van der Waals surface area contributed by atoms with E-state index >= 15 is 0 Å². The standard InChI is InChI=1S/C23H28F3N5O2/c1-13(16-9-17(23(24,25)26)12-18(27)10-16)28-21-19-11-15(3-4-20(19)29-14(2)30-21)22(32)31-5-7-33-8-6-31/h9-10,12-13,15H,3-8,11,27H2,1-2H3,(H,28,29,30)/t13-,15?/m1/s1. The minimum absolute atomic E-state index is 0.0468. The summed E-state index contributed by atoms with van der Waals surface area (Å²) in [5.74, 6) is 1.06. The second-order valence-electron chi connectivity index (χ2n) is 8.67. The number of nitrogens with zero attached hydrogens (tertiary/aromatic N) is 3. The first kappa shape index (κ1) is 23.3. The highest BCUT2D eigenvalue weighted by Crippen LogP contribution is 2.35. The normalized spacial score (nSPS) is 19.7. The maximum Gasteiger partial charge on any atom is 0.416 e. The molecule has 7 nitrogen and oxygen atoms in total. The average Bonchev–Trinajstić information content (AvgIpc) is 2.78. The molecule has 1 aromatic heterocycles. The fourth-order valence-electron chi connectivity index (χ4n) is 4.49. The highest BCUT2D eigenvalue weighted by atomic mass is 19.4. The van der Waals surface area contributed by atoms with Gasteiger partial charge in [-0.2, -0.15) is 13.2 Å². The van der Waals surface area contributed by atoms with Gasteiger partial charge in [0.2, 0.25) is 5.91 Å². The molecule has 2 atom stereocenters. The molecule has 0 saturated carbocycles. The summed E-state index contributed by atoms with van der Waals surface area (Å²) in [6.45, 7) is 5.81. The van der Waals surface area contributed by atoms with Gasteiger partial charge in [-0.3, -0.25) is 4.79 Å². The molecular weight excluding hydrogens is 435 g/mol. The monoisotopic (exact) mass is 463 g/mol. The van der Waals surface area contributed by atoms with Gasteiger partial charge in [-0.25, -0.2) is 9.97 Å². The molecule has 1 unspecified atom stereocenters. The molecule has 10 heteroatoms. The van der Waals surface area contributed by atoms with Crippen molar-refractivity contribution in [1.82, 2.24) is 14.9 Å². The highest BCUT2D eigenvalue weighted by Gasteiger charge is 2.33. The van der Waals surface area contributed by atoms with Crippen LogP contribution in [0.2, 0.25) is 0 Å². The molecular formula is C23H28F3N5O2. The van der Waals surface area contributed by atoms with E-state index < -0.39 is 17.8 Å². The van der Waals surface area contributed by atoms with E-state index in [4.69, 9.17) is 10.5 Å². The van der Waals surface area contributed by atoms with Gasteiger partial charge >= 0.3 is 6.18 Å². The number of rotatable bonds is 4. The SMILES string of the molecule is Cc1nc2c(c(N[C@H](C)c3cc(N)cc(C(F)(F)F)c3)n1)CC(C(=O)N1CCOCC1)CC2. The lowest BCUT2D eigenvalue weighted by atomic mass is 9.85. The van der Waals surface area contributed by atoms with Crippen LogP contribution in [0, 0.1) is 12.8 Å². The maximum absolute atomic E-state index is 13.2. The Morgan fingerprint density at radius 2 is 1.97 bits per heavy atom. The molecule has 0 radical (unpaired) electrons. The van der Waals surface area contributed by atoms with Gasteiger partial charge in [0.1, 0.15) is 11.6 Å². The van der Waals surface area contributed by atoms with Crippen LogP contribution in [0.3, 0.4) is 0 Å². The number of morpholine rings is 1. The largest absolute Gasteiger partial charge is 0.416 e. The van der Waals surface area contributed by atoms with Crippen molar-refractivity contribution in [3.8, 4) is 0 Å². The van der Waals surface area contributed by atoms with Gasteiger partial charge in [0.15, 0.2) is 0 Å². The van der Waals surface area contributed by atoms with Crippen molar-refractivity contribution < 1.29 is 22.7 Å². The molecule has 4 rings (SSSR count). The van der Waals surface area contributed by atoms with Crippen LogP contribution >= 0.6 is 0 Å². The van der Waals surface area contributed by atoms with Crippen LogP contribution in [0.1, 0.15) is 47.6 Å². The zero-order valence-corrected chi connectivity index (χ0v) is 18.7. The number of fused-ring (bicyclic) bond motifs is 1. The molecule has 3 N–H and O–H groups in total. The molecule has 178 valence electrons. The Morgan fingerprint density at radius 3 is 2.67 bits per heavy atom. The molecule has 1 aliphatic carbocycles. The van der Waals surface area contributed by atoms with Gasteiger partial charge in [-0.1, -0.05) is 0 Å². The van der Waals surface area contributed by atoms with Crippen LogP contribution in [0.4, 0.5) is 24.7 Å². The van der Waals surface area contributed by atoms with E-state index in [1.165, 1.54) is 6.07 Å². The zero-order valence-electron chi connectivity index (χ0n) is 18.7. The summed E-state index contributed by atoms with van der Waals surface area (Å²) in [6, 6.07) is 3.06. The molecule has 1 saturated heterocycles. The van der Waals surface area contributed by atoms with Crippen molar-refractivity contribution >= 4 is 17.4 Å². The number of nitrogen functional groups attached to an aromatic ring is 1. The van der Waals surface area contributed by atoms with Crippen LogP contribution in [0.5, 0.6) is 0 Å². The van der Waals surface area contributed by atoms with E-state index in [2.05, 4.69) is 15.3 Å². The van der Waals surface area contributed by atoms with Crippen LogP contribution in [-0.4, -0.2) is 47.1 Å². The van der Waals surface area contributed by atoms with Crippen molar-refractivity contribution in [1.29, 1.82) is 0 Å². The third-order valence-electron chi connectivity index (χ3n) is 6.21. The Kier molecular flexibility index (Phi) is 6.47. The Bertz CT molecular complexity index is 1040. The lowest BCUT2D eigenvalue weighted by Crippen LogP contribution is -2.45. The number of alkyl halides is 3. The molecule has 1 aliphatic heterocycles. The second kappa shape index (κ2) is 9.17. The van der Waals surface area contributed by atoms with E-state index in [-0.39, 0.29) is 17.5 Å². The minimum Gasteiger partial charge on any atom is -0.399 e. The summed E-state index contributed by atoms with van der Waals surface area (Å²) in [5.41, 5.74) is 7.14. The van der Waals surface area contributed by atoms with Gasteiger partial charge in [-0.05, 0) is 56.9 Å². The number of nitrogens with two attached hydrogens (primary N) is 1. The number of amides is 1. The van der Waals surface area contributed by atoms with E-state index in [1.54, 1.807) is 13.8 Å². The van der Waals surface area contributed by atoms with Crippen LogP contribution in [-0.2, 0) is 28.5 Å². The molecule has 0 bridgehead atoms. The summed E-state index contributed by atoms with van der Waals surface area (Å²) in [6.07, 6.45) is -2.63. The van der Waals surface area contributed by atoms with E-state index in [1.807, 2.05) is 4.90 Å². The first-order valence-corrected chi connectivity index (χ1v) is 11.1. The maximum atomic E-state index is 13.2. The van der Waals surface area contributed by atoms with Crippen LogP contribution < -0.4 is 11.1 Å². The third-order valence-corrected chi connectivity index (χ3v) is 6.21. The average molecular weight is 464 g/mol. The van der Waals surface area contributed by atoms with Gasteiger partial charge in [0.05, 0.1) is 24.8 Å². The molecule has 2 aliphatic rings. The summed E-state index contributed by atoms with van der Waals surface area (Å²) in [5, 5.41) is 3.25. The Labute approximate surface area is 190 Å². The summed E-state index contributed by atoms with van der Waals surface area (Å²) < 4.78 is 45.1. The fourth-order valence-corrected chi connectivity index (χ4v) is 4.49. The van der Waals surface area contributed by atoms with E-state index in [0.29, 0.717) is 62.8 Å². The molecule has 1 fully saturated rings.